The van der Waals surface area contributed by atoms with Crippen molar-refractivity contribution in [3.8, 4) is 0 Å². The Morgan fingerprint density at radius 3 is 2.43 bits per heavy atom. The van der Waals surface area contributed by atoms with Gasteiger partial charge >= 0.3 is 0 Å². The van der Waals surface area contributed by atoms with E-state index in [1.165, 1.54) is 0 Å². The first-order valence-electron chi connectivity index (χ1n) is 7.06. The zero-order valence-electron chi connectivity index (χ0n) is 12.2. The summed E-state index contributed by atoms with van der Waals surface area (Å²) in [4.78, 5) is 0. The first-order chi connectivity index (χ1) is 10.1. The first-order valence-corrected chi connectivity index (χ1v) is 7.81. The Labute approximate surface area is 135 Å². The lowest BCUT2D eigenvalue weighted by atomic mass is 10.0. The maximum absolute atomic E-state index is 6.45. The Hall–Kier alpha value is -1.07. The van der Waals surface area contributed by atoms with Crippen molar-refractivity contribution in [3.05, 3.63) is 51.3 Å². The molecule has 21 heavy (non-hydrogen) atoms. The highest BCUT2D eigenvalue weighted by Gasteiger charge is 2.19. The van der Waals surface area contributed by atoms with Gasteiger partial charge in [-0.1, -0.05) is 42.3 Å². The highest BCUT2D eigenvalue weighted by Crippen LogP contribution is 2.27. The van der Waals surface area contributed by atoms with Gasteiger partial charge in [0.25, 0.3) is 0 Å². The molecular weight excluding hydrogens is 307 g/mol. The second-order valence-electron chi connectivity index (χ2n) is 4.85. The van der Waals surface area contributed by atoms with Gasteiger partial charge in [0, 0.05) is 18.0 Å². The van der Waals surface area contributed by atoms with Crippen LogP contribution in [0.4, 0.5) is 0 Å². The van der Waals surface area contributed by atoms with Gasteiger partial charge < -0.3 is 0 Å². The smallest absolute Gasteiger partial charge is 0.0850 e. The second kappa shape index (κ2) is 7.27. The summed E-state index contributed by atoms with van der Waals surface area (Å²) in [6, 6.07) is 7.61. The van der Waals surface area contributed by atoms with E-state index < -0.39 is 0 Å². The molecule has 0 aliphatic carbocycles. The second-order valence-corrected chi connectivity index (χ2v) is 5.67. The fourth-order valence-corrected chi connectivity index (χ4v) is 2.85. The summed E-state index contributed by atoms with van der Waals surface area (Å²) in [6.07, 6.45) is 1.50. The van der Waals surface area contributed by atoms with Gasteiger partial charge in [0.05, 0.1) is 22.5 Å². The highest BCUT2D eigenvalue weighted by atomic mass is 35.5. The van der Waals surface area contributed by atoms with Gasteiger partial charge in [0.2, 0.25) is 0 Å². The van der Waals surface area contributed by atoms with Crippen molar-refractivity contribution in [3.63, 3.8) is 0 Å². The Bertz CT molecular complexity index is 592. The maximum atomic E-state index is 6.45. The zero-order chi connectivity index (χ0) is 15.4. The Kier molecular flexibility index (Phi) is 5.65. The molecule has 2 aromatic rings. The van der Waals surface area contributed by atoms with E-state index in [4.69, 9.17) is 29.0 Å². The Morgan fingerprint density at radius 2 is 1.90 bits per heavy atom. The standard InChI is InChI=1S/C15H20Cl2N4/c1-3-12-15(17)14(21(4-2)20-12)9-13(19-18)10-5-7-11(16)8-6-10/h5-8,13,19H,3-4,9,18H2,1-2H3. The van der Waals surface area contributed by atoms with Crippen molar-refractivity contribution < 1.29 is 0 Å². The number of hydrogen-bond donors (Lipinski definition) is 2. The molecule has 0 saturated carbocycles. The van der Waals surface area contributed by atoms with Gasteiger partial charge in [-0.05, 0) is 31.0 Å². The summed E-state index contributed by atoms with van der Waals surface area (Å²) in [6.45, 7) is 4.89. The van der Waals surface area contributed by atoms with Crippen LogP contribution < -0.4 is 11.3 Å². The lowest BCUT2D eigenvalue weighted by molar-refractivity contribution is 0.516. The van der Waals surface area contributed by atoms with Crippen LogP contribution in [0.15, 0.2) is 24.3 Å². The van der Waals surface area contributed by atoms with E-state index in [9.17, 15) is 0 Å². The molecule has 6 heteroatoms. The van der Waals surface area contributed by atoms with Crippen molar-refractivity contribution in [1.29, 1.82) is 0 Å². The van der Waals surface area contributed by atoms with Crippen LogP contribution in [0.5, 0.6) is 0 Å². The Balaban J connectivity index is 2.30. The van der Waals surface area contributed by atoms with Crippen LogP contribution in [0.2, 0.25) is 10.0 Å². The van der Waals surface area contributed by atoms with Crippen molar-refractivity contribution in [1.82, 2.24) is 15.2 Å². The summed E-state index contributed by atoms with van der Waals surface area (Å²) in [5, 5.41) is 5.99. The molecule has 1 aromatic heterocycles. The molecular formula is C15H20Cl2N4. The van der Waals surface area contributed by atoms with E-state index in [1.54, 1.807) is 0 Å². The third kappa shape index (κ3) is 3.58. The minimum atomic E-state index is -0.0357. The normalized spacial score (nSPS) is 12.6. The number of hydrogen-bond acceptors (Lipinski definition) is 3. The molecule has 0 aliphatic heterocycles. The molecule has 0 amide bonds. The van der Waals surface area contributed by atoms with Crippen LogP contribution in [-0.2, 0) is 19.4 Å². The van der Waals surface area contributed by atoms with Gasteiger partial charge in [-0.15, -0.1) is 0 Å². The van der Waals surface area contributed by atoms with E-state index in [1.807, 2.05) is 28.9 Å². The number of hydrazine groups is 1. The van der Waals surface area contributed by atoms with Crippen molar-refractivity contribution >= 4 is 23.2 Å². The molecule has 0 fully saturated rings. The number of aromatic nitrogens is 2. The number of benzene rings is 1. The lowest BCUT2D eigenvalue weighted by Gasteiger charge is -2.17. The van der Waals surface area contributed by atoms with E-state index >= 15 is 0 Å². The van der Waals surface area contributed by atoms with Crippen LogP contribution in [-0.4, -0.2) is 9.78 Å². The van der Waals surface area contributed by atoms with Gasteiger partial charge in [-0.2, -0.15) is 5.10 Å². The molecule has 0 aliphatic rings. The maximum Gasteiger partial charge on any atom is 0.0850 e. The summed E-state index contributed by atoms with van der Waals surface area (Å²) in [5.41, 5.74) is 5.86. The van der Waals surface area contributed by atoms with E-state index in [-0.39, 0.29) is 6.04 Å². The van der Waals surface area contributed by atoms with Crippen LogP contribution in [0.1, 0.15) is 36.8 Å². The molecule has 0 radical (unpaired) electrons. The van der Waals surface area contributed by atoms with E-state index in [2.05, 4.69) is 24.4 Å². The quantitative estimate of drug-likeness (QED) is 0.630. The summed E-state index contributed by atoms with van der Waals surface area (Å²) in [5.74, 6) is 5.72. The predicted octanol–water partition coefficient (Wildman–Crippen LogP) is 3.52. The number of halogens is 2. The van der Waals surface area contributed by atoms with E-state index in [0.717, 1.165) is 34.9 Å². The summed E-state index contributed by atoms with van der Waals surface area (Å²) < 4.78 is 1.95. The number of nitrogens with zero attached hydrogens (tertiary/aromatic N) is 2. The van der Waals surface area contributed by atoms with Gasteiger partial charge in [0.1, 0.15) is 0 Å². The first kappa shape index (κ1) is 16.3. The van der Waals surface area contributed by atoms with Gasteiger partial charge in [0.15, 0.2) is 0 Å². The molecule has 0 bridgehead atoms. The van der Waals surface area contributed by atoms with Crippen molar-refractivity contribution in [2.45, 2.75) is 39.3 Å². The van der Waals surface area contributed by atoms with Gasteiger partial charge in [-0.3, -0.25) is 16.0 Å². The van der Waals surface area contributed by atoms with Crippen LogP contribution in [0, 0.1) is 0 Å². The number of nitrogens with two attached hydrogens (primary N) is 1. The van der Waals surface area contributed by atoms with Crippen molar-refractivity contribution in [2.24, 2.45) is 5.84 Å². The number of nitrogens with one attached hydrogen (secondary N) is 1. The topological polar surface area (TPSA) is 55.9 Å². The molecule has 114 valence electrons. The summed E-state index contributed by atoms with van der Waals surface area (Å²) >= 11 is 12.4. The molecule has 2 rings (SSSR count). The van der Waals surface area contributed by atoms with Crippen LogP contribution in [0.25, 0.3) is 0 Å². The molecule has 1 heterocycles. The van der Waals surface area contributed by atoms with Crippen molar-refractivity contribution in [2.75, 3.05) is 0 Å². The number of aryl methyl sites for hydroxylation is 2. The van der Waals surface area contributed by atoms with Crippen LogP contribution in [0.3, 0.4) is 0 Å². The molecule has 1 aromatic carbocycles. The fourth-order valence-electron chi connectivity index (χ4n) is 2.37. The average molecular weight is 327 g/mol. The zero-order valence-corrected chi connectivity index (χ0v) is 13.7. The third-order valence-corrected chi connectivity index (χ3v) is 4.25. The Morgan fingerprint density at radius 1 is 1.24 bits per heavy atom. The SMILES string of the molecule is CCc1nn(CC)c(CC(NN)c2ccc(Cl)cc2)c1Cl. The number of rotatable bonds is 6. The molecule has 1 atom stereocenters. The molecule has 3 N–H and O–H groups in total. The fraction of sp³-hybridized carbons (Fsp3) is 0.400. The molecule has 0 saturated heterocycles. The lowest BCUT2D eigenvalue weighted by Crippen LogP contribution is -2.30. The minimum Gasteiger partial charge on any atom is -0.271 e. The molecule has 0 spiro atoms. The molecule has 1 unspecified atom stereocenters. The minimum absolute atomic E-state index is 0.0357. The summed E-state index contributed by atoms with van der Waals surface area (Å²) in [7, 11) is 0. The predicted molar refractivity (Wildman–Crippen MR) is 87.5 cm³/mol. The monoisotopic (exact) mass is 326 g/mol. The highest BCUT2D eigenvalue weighted by molar-refractivity contribution is 6.32. The van der Waals surface area contributed by atoms with E-state index in [0.29, 0.717) is 11.4 Å². The van der Waals surface area contributed by atoms with Crippen LogP contribution >= 0.6 is 23.2 Å². The third-order valence-electron chi connectivity index (χ3n) is 3.57. The molecule has 4 nitrogen and oxygen atoms in total. The average Bonchev–Trinajstić information content (AvgIpc) is 2.81. The largest absolute Gasteiger partial charge is 0.271 e. The van der Waals surface area contributed by atoms with Gasteiger partial charge in [-0.25, -0.2) is 0 Å².